The van der Waals surface area contributed by atoms with Crippen LogP contribution in [0.4, 0.5) is 0 Å². The van der Waals surface area contributed by atoms with Gasteiger partial charge in [0.2, 0.25) is 0 Å². The quantitative estimate of drug-likeness (QED) is 0.788. The van der Waals surface area contributed by atoms with Gasteiger partial charge in [0.1, 0.15) is 5.58 Å². The first-order valence-corrected chi connectivity index (χ1v) is 6.75. The second-order valence-corrected chi connectivity index (χ2v) is 5.30. The summed E-state index contributed by atoms with van der Waals surface area (Å²) >= 11 is 0. The highest BCUT2D eigenvalue weighted by molar-refractivity contribution is 5.96. The third-order valence-corrected chi connectivity index (χ3v) is 3.88. The molecule has 1 aliphatic carbocycles. The van der Waals surface area contributed by atoms with E-state index in [-0.39, 0.29) is 30.2 Å². The van der Waals surface area contributed by atoms with Crippen molar-refractivity contribution in [2.45, 2.75) is 25.0 Å². The van der Waals surface area contributed by atoms with Crippen LogP contribution in [0.1, 0.15) is 23.4 Å². The Morgan fingerprint density at radius 3 is 2.85 bits per heavy atom. The Morgan fingerprint density at radius 2 is 2.15 bits per heavy atom. The molecule has 0 radical (unpaired) electrons. The second kappa shape index (κ2) is 5.26. The van der Waals surface area contributed by atoms with E-state index in [9.17, 15) is 9.90 Å². The van der Waals surface area contributed by atoms with Gasteiger partial charge < -0.3 is 19.9 Å². The van der Waals surface area contributed by atoms with E-state index in [0.717, 1.165) is 5.39 Å². The molecule has 0 saturated heterocycles. The summed E-state index contributed by atoms with van der Waals surface area (Å²) in [5, 5.41) is 22.6. The van der Waals surface area contributed by atoms with Crippen molar-refractivity contribution in [2.75, 3.05) is 6.61 Å². The van der Waals surface area contributed by atoms with Crippen LogP contribution in [0.25, 0.3) is 11.0 Å². The standard InChI is InChI=1S/C15H17NO4/c17-8-10-5-11(7-12(10)18)16-15(19)14-6-9-3-1-2-4-13(9)20-14/h1-4,6,10-12,17-18H,5,7-8H2,(H,16,19)/t10-,11-,12+/m0/s1. The number of hydrogen-bond donors (Lipinski definition) is 3. The van der Waals surface area contributed by atoms with E-state index in [0.29, 0.717) is 18.4 Å². The highest BCUT2D eigenvalue weighted by atomic mass is 16.3. The molecule has 0 spiro atoms. The van der Waals surface area contributed by atoms with Crippen LogP contribution in [0, 0.1) is 5.92 Å². The number of furan rings is 1. The third-order valence-electron chi connectivity index (χ3n) is 3.88. The predicted octanol–water partition coefficient (Wildman–Crippen LogP) is 1.29. The topological polar surface area (TPSA) is 82.7 Å². The number of carbonyl (C=O) groups is 1. The zero-order valence-electron chi connectivity index (χ0n) is 11.0. The molecule has 5 nitrogen and oxygen atoms in total. The minimum Gasteiger partial charge on any atom is -0.451 e. The molecule has 20 heavy (non-hydrogen) atoms. The summed E-state index contributed by atoms with van der Waals surface area (Å²) in [4.78, 5) is 12.1. The molecule has 3 atom stereocenters. The maximum absolute atomic E-state index is 12.1. The zero-order valence-corrected chi connectivity index (χ0v) is 11.0. The molecule has 3 N–H and O–H groups in total. The fraction of sp³-hybridized carbons (Fsp3) is 0.400. The molecule has 2 aromatic rings. The Labute approximate surface area is 116 Å². The Bertz CT molecular complexity index is 588. The lowest BCUT2D eigenvalue weighted by atomic mass is 10.1. The highest BCUT2D eigenvalue weighted by Crippen LogP contribution is 2.26. The van der Waals surface area contributed by atoms with Crippen LogP contribution < -0.4 is 5.32 Å². The minimum atomic E-state index is -0.555. The number of nitrogens with one attached hydrogen (secondary N) is 1. The van der Waals surface area contributed by atoms with Crippen molar-refractivity contribution < 1.29 is 19.4 Å². The third kappa shape index (κ3) is 2.42. The smallest absolute Gasteiger partial charge is 0.287 e. The van der Waals surface area contributed by atoms with E-state index >= 15 is 0 Å². The molecule has 5 heteroatoms. The molecule has 106 valence electrons. The number of fused-ring (bicyclic) bond motifs is 1. The number of aliphatic hydroxyl groups excluding tert-OH is 2. The lowest BCUT2D eigenvalue weighted by Gasteiger charge is -2.10. The van der Waals surface area contributed by atoms with E-state index in [4.69, 9.17) is 9.52 Å². The molecule has 1 heterocycles. The van der Waals surface area contributed by atoms with Crippen LogP contribution in [0.3, 0.4) is 0 Å². The SMILES string of the molecule is O=C(N[C@H]1C[C@@H](CO)[C@H](O)C1)c1cc2ccccc2o1. The Balaban J connectivity index is 1.70. The number of amides is 1. The van der Waals surface area contributed by atoms with Gasteiger partial charge in [0.15, 0.2) is 5.76 Å². The monoisotopic (exact) mass is 275 g/mol. The molecule has 1 saturated carbocycles. The van der Waals surface area contributed by atoms with Crippen LogP contribution >= 0.6 is 0 Å². The van der Waals surface area contributed by atoms with Crippen LogP contribution in [0.5, 0.6) is 0 Å². The van der Waals surface area contributed by atoms with Gasteiger partial charge in [-0.3, -0.25) is 4.79 Å². The fourth-order valence-electron chi connectivity index (χ4n) is 2.77. The molecule has 1 aromatic heterocycles. The van der Waals surface area contributed by atoms with Gasteiger partial charge in [0, 0.05) is 24.0 Å². The van der Waals surface area contributed by atoms with E-state index in [1.807, 2.05) is 24.3 Å². The minimum absolute atomic E-state index is 0.0574. The number of aliphatic hydroxyl groups is 2. The van der Waals surface area contributed by atoms with Crippen LogP contribution in [-0.4, -0.2) is 34.9 Å². The Kier molecular flexibility index (Phi) is 3.46. The van der Waals surface area contributed by atoms with E-state index in [1.54, 1.807) is 6.07 Å². The predicted molar refractivity (Wildman–Crippen MR) is 73.3 cm³/mol. The first-order valence-electron chi connectivity index (χ1n) is 6.75. The Hall–Kier alpha value is -1.85. The van der Waals surface area contributed by atoms with E-state index in [1.165, 1.54) is 0 Å². The molecule has 1 aliphatic rings. The van der Waals surface area contributed by atoms with Gasteiger partial charge in [-0.25, -0.2) is 0 Å². The summed E-state index contributed by atoms with van der Waals surface area (Å²) in [6.45, 7) is -0.0574. The van der Waals surface area contributed by atoms with Crippen LogP contribution in [-0.2, 0) is 0 Å². The molecule has 0 aliphatic heterocycles. The average molecular weight is 275 g/mol. The van der Waals surface area contributed by atoms with Gasteiger partial charge in [0.25, 0.3) is 5.91 Å². The molecule has 1 amide bonds. The molecular formula is C15H17NO4. The number of benzene rings is 1. The van der Waals surface area contributed by atoms with Crippen LogP contribution in [0.2, 0.25) is 0 Å². The molecule has 0 bridgehead atoms. The van der Waals surface area contributed by atoms with Crippen molar-refractivity contribution in [1.82, 2.24) is 5.32 Å². The van der Waals surface area contributed by atoms with Gasteiger partial charge in [0.05, 0.1) is 6.10 Å². The summed E-state index contributed by atoms with van der Waals surface area (Å²) in [5.41, 5.74) is 0.678. The lowest BCUT2D eigenvalue weighted by molar-refractivity contribution is 0.0896. The van der Waals surface area contributed by atoms with Gasteiger partial charge in [-0.15, -0.1) is 0 Å². The maximum atomic E-state index is 12.1. The van der Waals surface area contributed by atoms with Gasteiger partial charge in [-0.2, -0.15) is 0 Å². The largest absolute Gasteiger partial charge is 0.451 e. The number of hydrogen-bond acceptors (Lipinski definition) is 4. The number of carbonyl (C=O) groups excluding carboxylic acids is 1. The van der Waals surface area contributed by atoms with Crippen LogP contribution in [0.15, 0.2) is 34.7 Å². The van der Waals surface area contributed by atoms with Crippen molar-refractivity contribution in [3.63, 3.8) is 0 Å². The summed E-state index contributed by atoms with van der Waals surface area (Å²) in [7, 11) is 0. The molecule has 0 unspecified atom stereocenters. The summed E-state index contributed by atoms with van der Waals surface area (Å²) in [6.07, 6.45) is 0.502. The first-order chi connectivity index (χ1) is 9.67. The number of para-hydroxylation sites is 1. The van der Waals surface area contributed by atoms with Gasteiger partial charge >= 0.3 is 0 Å². The van der Waals surface area contributed by atoms with Crippen molar-refractivity contribution in [2.24, 2.45) is 5.92 Å². The first kappa shape index (κ1) is 13.1. The average Bonchev–Trinajstić information content (AvgIpc) is 3.01. The summed E-state index contributed by atoms with van der Waals surface area (Å²) < 4.78 is 5.50. The normalized spacial score (nSPS) is 26.0. The zero-order chi connectivity index (χ0) is 14.1. The fourth-order valence-corrected chi connectivity index (χ4v) is 2.77. The molecule has 3 rings (SSSR count). The molecular weight excluding hydrogens is 258 g/mol. The second-order valence-electron chi connectivity index (χ2n) is 5.30. The Morgan fingerprint density at radius 1 is 1.35 bits per heavy atom. The van der Waals surface area contributed by atoms with Crippen molar-refractivity contribution in [3.05, 3.63) is 36.1 Å². The van der Waals surface area contributed by atoms with Gasteiger partial charge in [-0.05, 0) is 25.0 Å². The molecule has 1 aromatic carbocycles. The number of rotatable bonds is 3. The van der Waals surface area contributed by atoms with E-state index in [2.05, 4.69) is 5.32 Å². The van der Waals surface area contributed by atoms with Crippen molar-refractivity contribution >= 4 is 16.9 Å². The highest BCUT2D eigenvalue weighted by Gasteiger charge is 2.33. The summed E-state index contributed by atoms with van der Waals surface area (Å²) in [5.74, 6) is -0.166. The lowest BCUT2D eigenvalue weighted by Crippen LogP contribution is -2.33. The van der Waals surface area contributed by atoms with Crippen molar-refractivity contribution in [3.8, 4) is 0 Å². The maximum Gasteiger partial charge on any atom is 0.287 e. The van der Waals surface area contributed by atoms with Gasteiger partial charge in [-0.1, -0.05) is 18.2 Å². The molecule has 1 fully saturated rings. The summed E-state index contributed by atoms with van der Waals surface area (Å²) in [6, 6.07) is 9.03. The van der Waals surface area contributed by atoms with Crippen molar-refractivity contribution in [1.29, 1.82) is 0 Å². The van der Waals surface area contributed by atoms with E-state index < -0.39 is 6.10 Å².